The van der Waals surface area contributed by atoms with Gasteiger partial charge in [0.15, 0.2) is 0 Å². The van der Waals surface area contributed by atoms with Crippen LogP contribution < -0.4 is 5.32 Å². The van der Waals surface area contributed by atoms with Crippen LogP contribution in [0.2, 0.25) is 0 Å². The van der Waals surface area contributed by atoms with Crippen molar-refractivity contribution in [1.29, 1.82) is 0 Å². The maximum Gasteiger partial charge on any atom is 0.251 e. The zero-order valence-corrected chi connectivity index (χ0v) is 10.3. The summed E-state index contributed by atoms with van der Waals surface area (Å²) in [6, 6.07) is 0. The molecule has 1 N–H and O–H groups in total. The normalized spacial score (nSPS) is 11.6. The van der Waals surface area contributed by atoms with E-state index in [1.807, 2.05) is 6.92 Å². The Kier molecular flexibility index (Phi) is 11.0. The maximum atomic E-state index is 12.0. The van der Waals surface area contributed by atoms with Gasteiger partial charge in [0.2, 0.25) is 0 Å². The van der Waals surface area contributed by atoms with Crippen molar-refractivity contribution in [3.8, 4) is 0 Å². The molecule has 3 nitrogen and oxygen atoms in total. The SMILES string of the molecule is CCOCCCCNCCN(C)CC(F)F. The van der Waals surface area contributed by atoms with E-state index >= 15 is 0 Å². The Balaban J connectivity index is 3.08. The molecule has 0 aromatic carbocycles. The Morgan fingerprint density at radius 1 is 1.25 bits per heavy atom. The molecule has 0 bridgehead atoms. The van der Waals surface area contributed by atoms with E-state index in [0.29, 0.717) is 6.54 Å². The van der Waals surface area contributed by atoms with Crippen LogP contribution in [-0.2, 0) is 4.74 Å². The highest BCUT2D eigenvalue weighted by Gasteiger charge is 2.06. The maximum absolute atomic E-state index is 12.0. The molecule has 0 aromatic rings. The highest BCUT2D eigenvalue weighted by Crippen LogP contribution is 1.94. The van der Waals surface area contributed by atoms with Gasteiger partial charge in [-0.1, -0.05) is 0 Å². The number of hydrogen-bond acceptors (Lipinski definition) is 3. The molecular formula is C11H24F2N2O. The first kappa shape index (κ1) is 15.7. The lowest BCUT2D eigenvalue weighted by Gasteiger charge is -2.15. The molecule has 0 aliphatic rings. The van der Waals surface area contributed by atoms with Crippen LogP contribution in [0.5, 0.6) is 0 Å². The monoisotopic (exact) mass is 238 g/mol. The minimum Gasteiger partial charge on any atom is -0.382 e. The highest BCUT2D eigenvalue weighted by atomic mass is 19.3. The van der Waals surface area contributed by atoms with Gasteiger partial charge in [0.1, 0.15) is 0 Å². The smallest absolute Gasteiger partial charge is 0.251 e. The van der Waals surface area contributed by atoms with Crippen molar-refractivity contribution in [1.82, 2.24) is 10.2 Å². The molecule has 5 heteroatoms. The van der Waals surface area contributed by atoms with Crippen LogP contribution in [-0.4, -0.2) is 57.8 Å². The van der Waals surface area contributed by atoms with Crippen LogP contribution in [0, 0.1) is 0 Å². The molecule has 0 aliphatic carbocycles. The first-order valence-electron chi connectivity index (χ1n) is 5.92. The van der Waals surface area contributed by atoms with E-state index in [1.54, 1.807) is 11.9 Å². The van der Waals surface area contributed by atoms with Crippen molar-refractivity contribution < 1.29 is 13.5 Å². The molecule has 0 fully saturated rings. The van der Waals surface area contributed by atoms with Crippen LogP contribution in [0.15, 0.2) is 0 Å². The first-order chi connectivity index (χ1) is 7.66. The van der Waals surface area contributed by atoms with E-state index in [0.717, 1.165) is 39.1 Å². The van der Waals surface area contributed by atoms with Crippen molar-refractivity contribution >= 4 is 0 Å². The summed E-state index contributed by atoms with van der Waals surface area (Å²) >= 11 is 0. The third-order valence-corrected chi connectivity index (χ3v) is 2.22. The number of alkyl halides is 2. The Morgan fingerprint density at radius 3 is 2.62 bits per heavy atom. The van der Waals surface area contributed by atoms with Gasteiger partial charge in [-0.2, -0.15) is 0 Å². The third-order valence-electron chi connectivity index (χ3n) is 2.22. The highest BCUT2D eigenvalue weighted by molar-refractivity contribution is 4.56. The summed E-state index contributed by atoms with van der Waals surface area (Å²) in [5.74, 6) is 0. The Bertz CT molecular complexity index is 148. The molecule has 0 spiro atoms. The van der Waals surface area contributed by atoms with Gasteiger partial charge in [0, 0.05) is 26.3 Å². The predicted octanol–water partition coefficient (Wildman–Crippen LogP) is 1.59. The van der Waals surface area contributed by atoms with E-state index in [9.17, 15) is 8.78 Å². The summed E-state index contributed by atoms with van der Waals surface area (Å²) in [5, 5.41) is 3.22. The molecule has 0 unspecified atom stereocenters. The summed E-state index contributed by atoms with van der Waals surface area (Å²) in [7, 11) is 1.71. The number of halogens is 2. The quantitative estimate of drug-likeness (QED) is 0.553. The zero-order chi connectivity index (χ0) is 12.2. The van der Waals surface area contributed by atoms with E-state index in [2.05, 4.69) is 5.32 Å². The average molecular weight is 238 g/mol. The minimum absolute atomic E-state index is 0.147. The van der Waals surface area contributed by atoms with Crippen molar-refractivity contribution in [2.75, 3.05) is 46.4 Å². The van der Waals surface area contributed by atoms with Crippen LogP contribution in [0.1, 0.15) is 19.8 Å². The van der Waals surface area contributed by atoms with Gasteiger partial charge in [-0.3, -0.25) is 4.90 Å². The van der Waals surface area contributed by atoms with Crippen LogP contribution >= 0.6 is 0 Å². The minimum atomic E-state index is -2.24. The van der Waals surface area contributed by atoms with E-state index in [4.69, 9.17) is 4.74 Å². The van der Waals surface area contributed by atoms with E-state index in [-0.39, 0.29) is 6.54 Å². The Hall–Kier alpha value is -0.260. The molecule has 0 saturated carbocycles. The fourth-order valence-corrected chi connectivity index (χ4v) is 1.32. The lowest BCUT2D eigenvalue weighted by molar-refractivity contribution is 0.101. The van der Waals surface area contributed by atoms with Crippen LogP contribution in [0.4, 0.5) is 8.78 Å². The average Bonchev–Trinajstić information content (AvgIpc) is 2.21. The number of hydrogen-bond donors (Lipinski definition) is 1. The summed E-state index contributed by atoms with van der Waals surface area (Å²) < 4.78 is 29.1. The fourth-order valence-electron chi connectivity index (χ4n) is 1.32. The number of ether oxygens (including phenoxy) is 1. The van der Waals surface area contributed by atoms with Gasteiger partial charge < -0.3 is 10.1 Å². The molecule has 0 saturated heterocycles. The summed E-state index contributed by atoms with van der Waals surface area (Å²) in [4.78, 5) is 1.64. The Labute approximate surface area is 97.1 Å². The lowest BCUT2D eigenvalue weighted by Crippen LogP contribution is -2.32. The van der Waals surface area contributed by atoms with E-state index < -0.39 is 6.43 Å². The number of rotatable bonds is 11. The van der Waals surface area contributed by atoms with Gasteiger partial charge in [0.05, 0.1) is 6.54 Å². The molecule has 0 aliphatic heterocycles. The predicted molar refractivity (Wildman–Crippen MR) is 62.1 cm³/mol. The van der Waals surface area contributed by atoms with Crippen molar-refractivity contribution in [3.05, 3.63) is 0 Å². The lowest BCUT2D eigenvalue weighted by atomic mass is 10.3. The van der Waals surface area contributed by atoms with Gasteiger partial charge in [-0.25, -0.2) is 8.78 Å². The second kappa shape index (κ2) is 11.2. The van der Waals surface area contributed by atoms with Gasteiger partial charge in [0.25, 0.3) is 6.43 Å². The summed E-state index contributed by atoms with van der Waals surface area (Å²) in [5.41, 5.74) is 0. The molecule has 0 radical (unpaired) electrons. The third kappa shape index (κ3) is 11.8. The number of likely N-dealkylation sites (N-methyl/N-ethyl adjacent to an activating group) is 1. The summed E-state index contributed by atoms with van der Waals surface area (Å²) in [6.45, 7) is 5.77. The standard InChI is InChI=1S/C11H24F2N2O/c1-3-16-9-5-4-6-14-7-8-15(2)10-11(12)13/h11,14H,3-10H2,1-2H3. The van der Waals surface area contributed by atoms with Crippen LogP contribution in [0.3, 0.4) is 0 Å². The molecule has 0 rings (SSSR count). The number of nitrogens with zero attached hydrogens (tertiary/aromatic N) is 1. The second-order valence-corrected chi connectivity index (χ2v) is 3.81. The molecule has 0 amide bonds. The molecular weight excluding hydrogens is 214 g/mol. The number of unbranched alkanes of at least 4 members (excludes halogenated alkanes) is 1. The number of nitrogens with one attached hydrogen (secondary N) is 1. The molecule has 0 heterocycles. The van der Waals surface area contributed by atoms with Gasteiger partial charge >= 0.3 is 0 Å². The largest absolute Gasteiger partial charge is 0.382 e. The van der Waals surface area contributed by atoms with Gasteiger partial charge in [-0.15, -0.1) is 0 Å². The zero-order valence-electron chi connectivity index (χ0n) is 10.3. The first-order valence-corrected chi connectivity index (χ1v) is 5.92. The second-order valence-electron chi connectivity index (χ2n) is 3.81. The topological polar surface area (TPSA) is 24.5 Å². The molecule has 16 heavy (non-hydrogen) atoms. The van der Waals surface area contributed by atoms with Crippen molar-refractivity contribution in [2.45, 2.75) is 26.2 Å². The molecule has 98 valence electrons. The molecule has 0 atom stereocenters. The summed E-state index contributed by atoms with van der Waals surface area (Å²) in [6.07, 6.45) is -0.122. The fraction of sp³-hybridized carbons (Fsp3) is 1.00. The Morgan fingerprint density at radius 2 is 2.00 bits per heavy atom. The van der Waals surface area contributed by atoms with Crippen molar-refractivity contribution in [2.24, 2.45) is 0 Å². The molecule has 0 aromatic heterocycles. The van der Waals surface area contributed by atoms with Crippen LogP contribution in [0.25, 0.3) is 0 Å². The van der Waals surface area contributed by atoms with E-state index in [1.165, 1.54) is 0 Å². The van der Waals surface area contributed by atoms with Gasteiger partial charge in [-0.05, 0) is 33.4 Å². The van der Waals surface area contributed by atoms with Crippen molar-refractivity contribution in [3.63, 3.8) is 0 Å².